The van der Waals surface area contributed by atoms with Crippen LogP contribution in [0.15, 0.2) is 59.3 Å². The van der Waals surface area contributed by atoms with E-state index in [0.29, 0.717) is 34.5 Å². The van der Waals surface area contributed by atoms with E-state index >= 15 is 0 Å². The fourth-order valence-electron chi connectivity index (χ4n) is 3.68. The molecule has 0 aliphatic heterocycles. The number of hydrogen-bond acceptors (Lipinski definition) is 6. The lowest BCUT2D eigenvalue weighted by atomic mass is 10.1. The third-order valence-corrected chi connectivity index (χ3v) is 5.92. The van der Waals surface area contributed by atoms with E-state index in [2.05, 4.69) is 31.9 Å². The van der Waals surface area contributed by atoms with Crippen molar-refractivity contribution in [1.29, 1.82) is 5.26 Å². The number of aromatic amines is 1. The van der Waals surface area contributed by atoms with Crippen molar-refractivity contribution in [2.75, 3.05) is 0 Å². The van der Waals surface area contributed by atoms with Crippen molar-refractivity contribution < 1.29 is 14.0 Å². The zero-order valence-electron chi connectivity index (χ0n) is 17.8. The monoisotopic (exact) mass is 474 g/mol. The molecular formula is C24H19ClN6O3. The first-order chi connectivity index (χ1) is 16.5. The molecule has 2 aromatic heterocycles. The fraction of sp³-hybridized carbons (Fsp3) is 0.208. The second-order valence-electron chi connectivity index (χ2n) is 8.17. The number of amides is 2. The first-order valence-corrected chi connectivity index (χ1v) is 11.0. The summed E-state index contributed by atoms with van der Waals surface area (Å²) < 4.78 is 5.91. The Balaban J connectivity index is 1.43. The third kappa shape index (κ3) is 4.36. The van der Waals surface area contributed by atoms with Gasteiger partial charge in [0.05, 0.1) is 18.7 Å². The molecule has 9 nitrogen and oxygen atoms in total. The largest absolute Gasteiger partial charge is 0.441 e. The summed E-state index contributed by atoms with van der Waals surface area (Å²) in [5.74, 6) is -0.675. The maximum Gasteiger partial charge on any atom is 0.251 e. The zero-order chi connectivity index (χ0) is 23.7. The molecule has 0 spiro atoms. The molecule has 1 atom stereocenters. The van der Waals surface area contributed by atoms with Crippen molar-refractivity contribution in [2.45, 2.75) is 30.8 Å². The summed E-state index contributed by atoms with van der Waals surface area (Å²) in [6.45, 7) is 0. The fourth-order valence-corrected chi connectivity index (χ4v) is 3.87. The molecule has 1 aliphatic rings. The number of nitriles is 1. The molecule has 1 aliphatic carbocycles. The van der Waals surface area contributed by atoms with E-state index in [1.165, 1.54) is 6.07 Å². The SMILES string of the molecule is N#CC1(NC(=O)C(Cc2nc3c(-c4cn[nH]c4)cccc3o2)NC(=O)c2cccc(Cl)c2)CC1. The van der Waals surface area contributed by atoms with Gasteiger partial charge in [0, 0.05) is 27.9 Å². The van der Waals surface area contributed by atoms with E-state index in [9.17, 15) is 14.9 Å². The average Bonchev–Trinajstić information content (AvgIpc) is 3.21. The topological polar surface area (TPSA) is 137 Å². The number of carbonyl (C=O) groups is 2. The maximum absolute atomic E-state index is 13.1. The number of nitrogens with zero attached hydrogens (tertiary/aromatic N) is 3. The van der Waals surface area contributed by atoms with Crippen LogP contribution in [0, 0.1) is 11.3 Å². The van der Waals surface area contributed by atoms with Crippen molar-refractivity contribution in [3.63, 3.8) is 0 Å². The van der Waals surface area contributed by atoms with Gasteiger partial charge in [-0.05, 0) is 37.1 Å². The summed E-state index contributed by atoms with van der Waals surface area (Å²) in [5, 5.41) is 22.0. The molecule has 34 heavy (non-hydrogen) atoms. The standard InChI is InChI=1S/C24H19ClN6O3/c25-16-4-1-3-14(9-16)22(32)29-18(23(33)31-24(13-26)7-8-24)10-20-30-21-17(15-11-27-28-12-15)5-2-6-19(21)34-20/h1-6,9,11-12,18H,7-8,10H2,(H,27,28)(H,29,32)(H,31,33). The molecule has 0 saturated heterocycles. The van der Waals surface area contributed by atoms with E-state index in [4.69, 9.17) is 16.0 Å². The van der Waals surface area contributed by atoms with Gasteiger partial charge >= 0.3 is 0 Å². The highest BCUT2D eigenvalue weighted by Crippen LogP contribution is 2.34. The quantitative estimate of drug-likeness (QED) is 0.375. The number of nitrogens with one attached hydrogen (secondary N) is 3. The lowest BCUT2D eigenvalue weighted by Crippen LogP contribution is -2.51. The minimum Gasteiger partial charge on any atom is -0.441 e. The number of benzene rings is 2. The van der Waals surface area contributed by atoms with Crippen LogP contribution < -0.4 is 10.6 Å². The lowest BCUT2D eigenvalue weighted by Gasteiger charge is -2.19. The van der Waals surface area contributed by atoms with E-state index in [-0.39, 0.29) is 12.3 Å². The van der Waals surface area contributed by atoms with Crippen molar-refractivity contribution >= 4 is 34.5 Å². The van der Waals surface area contributed by atoms with Gasteiger partial charge in [0.25, 0.3) is 5.91 Å². The van der Waals surface area contributed by atoms with Crippen molar-refractivity contribution in [1.82, 2.24) is 25.8 Å². The van der Waals surface area contributed by atoms with Gasteiger partial charge in [0.2, 0.25) is 5.91 Å². The molecule has 4 aromatic rings. The predicted octanol–water partition coefficient (Wildman–Crippen LogP) is 3.38. The Bertz CT molecular complexity index is 1420. The van der Waals surface area contributed by atoms with E-state index in [1.54, 1.807) is 36.7 Å². The summed E-state index contributed by atoms with van der Waals surface area (Å²) in [7, 11) is 0. The number of fused-ring (bicyclic) bond motifs is 1. The highest BCUT2D eigenvalue weighted by Gasteiger charge is 2.46. The Morgan fingerprint density at radius 2 is 2.09 bits per heavy atom. The predicted molar refractivity (Wildman–Crippen MR) is 124 cm³/mol. The number of hydrogen-bond donors (Lipinski definition) is 3. The van der Waals surface area contributed by atoms with Crippen LogP contribution in [0.25, 0.3) is 22.2 Å². The van der Waals surface area contributed by atoms with Crippen molar-refractivity contribution in [2.24, 2.45) is 0 Å². The molecule has 1 unspecified atom stereocenters. The normalized spacial score (nSPS) is 14.8. The Kier molecular flexibility index (Phi) is 5.51. The van der Waals surface area contributed by atoms with Crippen LogP contribution >= 0.6 is 11.6 Å². The summed E-state index contributed by atoms with van der Waals surface area (Å²) >= 11 is 6.01. The molecule has 0 radical (unpaired) electrons. The molecule has 2 aromatic carbocycles. The first-order valence-electron chi connectivity index (χ1n) is 10.6. The van der Waals surface area contributed by atoms with E-state index in [0.717, 1.165) is 11.1 Å². The second kappa shape index (κ2) is 8.65. The number of rotatable bonds is 7. The number of para-hydroxylation sites is 1. The van der Waals surface area contributed by atoms with Crippen LogP contribution in [0.2, 0.25) is 5.02 Å². The van der Waals surface area contributed by atoms with E-state index < -0.39 is 23.4 Å². The van der Waals surface area contributed by atoms with Crippen LogP contribution in [-0.2, 0) is 11.2 Å². The number of halogens is 1. The molecule has 0 bridgehead atoms. The highest BCUT2D eigenvalue weighted by atomic mass is 35.5. The third-order valence-electron chi connectivity index (χ3n) is 5.69. The van der Waals surface area contributed by atoms with Crippen LogP contribution in [0.1, 0.15) is 29.1 Å². The van der Waals surface area contributed by atoms with Crippen LogP contribution in [0.3, 0.4) is 0 Å². The van der Waals surface area contributed by atoms with Gasteiger partial charge in [-0.3, -0.25) is 14.7 Å². The first kappa shape index (κ1) is 21.7. The second-order valence-corrected chi connectivity index (χ2v) is 8.61. The summed E-state index contributed by atoms with van der Waals surface area (Å²) in [5.41, 5.74) is 2.27. The summed E-state index contributed by atoms with van der Waals surface area (Å²) in [6.07, 6.45) is 4.57. The number of carbonyl (C=O) groups excluding carboxylic acids is 2. The molecule has 3 N–H and O–H groups in total. The van der Waals surface area contributed by atoms with Crippen molar-refractivity contribution in [3.8, 4) is 17.2 Å². The van der Waals surface area contributed by atoms with Gasteiger partial charge in [-0.25, -0.2) is 4.98 Å². The van der Waals surface area contributed by atoms with E-state index in [1.807, 2.05) is 12.1 Å². The molecule has 5 rings (SSSR count). The van der Waals surface area contributed by atoms with Gasteiger partial charge in [0.1, 0.15) is 17.1 Å². The minimum absolute atomic E-state index is 0.000839. The Morgan fingerprint density at radius 3 is 2.79 bits per heavy atom. The number of aromatic nitrogens is 3. The van der Waals surface area contributed by atoms with Gasteiger partial charge in [-0.15, -0.1) is 0 Å². The number of oxazole rings is 1. The van der Waals surface area contributed by atoms with Crippen molar-refractivity contribution in [3.05, 3.63) is 71.3 Å². The van der Waals surface area contributed by atoms with Gasteiger partial charge in [-0.1, -0.05) is 29.8 Å². The molecule has 1 saturated carbocycles. The van der Waals surface area contributed by atoms with Crippen LogP contribution in [-0.4, -0.2) is 38.6 Å². The minimum atomic E-state index is -1.01. The van der Waals surface area contributed by atoms with Crippen LogP contribution in [0.5, 0.6) is 0 Å². The molecule has 2 heterocycles. The summed E-state index contributed by atoms with van der Waals surface area (Å²) in [4.78, 5) is 30.5. The Morgan fingerprint density at radius 1 is 1.26 bits per heavy atom. The molecule has 170 valence electrons. The van der Waals surface area contributed by atoms with Gasteiger partial charge < -0.3 is 15.1 Å². The molecular weight excluding hydrogens is 456 g/mol. The smallest absolute Gasteiger partial charge is 0.251 e. The highest BCUT2D eigenvalue weighted by molar-refractivity contribution is 6.31. The Labute approximate surface area is 199 Å². The van der Waals surface area contributed by atoms with Gasteiger partial charge in [-0.2, -0.15) is 10.4 Å². The average molecular weight is 475 g/mol. The van der Waals surface area contributed by atoms with Crippen LogP contribution in [0.4, 0.5) is 0 Å². The molecule has 2 amide bonds. The number of H-pyrrole nitrogens is 1. The molecule has 1 fully saturated rings. The lowest BCUT2D eigenvalue weighted by molar-refractivity contribution is -0.123. The summed E-state index contributed by atoms with van der Waals surface area (Å²) in [6, 6.07) is 13.1. The zero-order valence-corrected chi connectivity index (χ0v) is 18.6. The van der Waals surface area contributed by atoms with Gasteiger partial charge in [0.15, 0.2) is 11.5 Å². The molecule has 10 heteroatoms. The Hall–Kier alpha value is -4.16. The maximum atomic E-state index is 13.1.